The Hall–Kier alpha value is -1.90. The molecule has 120 valence electrons. The van der Waals surface area contributed by atoms with Crippen LogP contribution in [-0.2, 0) is 0 Å². The van der Waals surface area contributed by atoms with Crippen molar-refractivity contribution < 1.29 is 0 Å². The molecule has 0 aliphatic carbocycles. The van der Waals surface area contributed by atoms with Crippen molar-refractivity contribution in [2.45, 2.75) is 13.0 Å². The van der Waals surface area contributed by atoms with Gasteiger partial charge in [-0.25, -0.2) is 0 Å². The molecule has 0 radical (unpaired) electrons. The van der Waals surface area contributed by atoms with Gasteiger partial charge in [-0.2, -0.15) is 0 Å². The largest absolute Gasteiger partial charge is 0.297 e. The van der Waals surface area contributed by atoms with Crippen LogP contribution in [0.3, 0.4) is 0 Å². The van der Waals surface area contributed by atoms with Crippen LogP contribution in [0.15, 0.2) is 66.7 Å². The van der Waals surface area contributed by atoms with E-state index in [1.54, 1.807) is 0 Å². The summed E-state index contributed by atoms with van der Waals surface area (Å²) in [6, 6.07) is 21.9. The van der Waals surface area contributed by atoms with Crippen molar-refractivity contribution in [1.29, 1.82) is 0 Å². The molecule has 0 saturated carbocycles. The molecular weight excluding hydrogens is 280 g/mol. The highest BCUT2D eigenvalue weighted by atomic mass is 15.3. The van der Waals surface area contributed by atoms with Crippen LogP contribution in [0.2, 0.25) is 0 Å². The molecule has 0 amide bonds. The van der Waals surface area contributed by atoms with Crippen LogP contribution in [0.25, 0.3) is 6.08 Å². The summed E-state index contributed by atoms with van der Waals surface area (Å²) in [4.78, 5) is 5.13. The van der Waals surface area contributed by atoms with E-state index >= 15 is 0 Å². The maximum absolute atomic E-state index is 2.59. The average Bonchev–Trinajstić information content (AvgIpc) is 2.63. The van der Waals surface area contributed by atoms with Gasteiger partial charge in [0.25, 0.3) is 0 Å². The summed E-state index contributed by atoms with van der Waals surface area (Å²) in [5, 5.41) is 0. The third-order valence-corrected chi connectivity index (χ3v) is 4.71. The van der Waals surface area contributed by atoms with Gasteiger partial charge in [0.1, 0.15) is 0 Å². The first kappa shape index (κ1) is 16.0. The van der Waals surface area contributed by atoms with Gasteiger partial charge in [0.2, 0.25) is 0 Å². The van der Waals surface area contributed by atoms with Gasteiger partial charge in [-0.15, -0.1) is 0 Å². The quantitative estimate of drug-likeness (QED) is 0.821. The molecule has 0 bridgehead atoms. The second-order valence-electron chi connectivity index (χ2n) is 6.24. The Morgan fingerprint density at radius 2 is 1.48 bits per heavy atom. The SMILES string of the molecule is CC(c1ccccc1)N1CCN(C/C=C/c2ccccc2)CC1. The molecule has 0 N–H and O–H groups in total. The first-order valence-corrected chi connectivity index (χ1v) is 8.56. The highest BCUT2D eigenvalue weighted by Gasteiger charge is 2.21. The highest BCUT2D eigenvalue weighted by molar-refractivity contribution is 5.48. The molecule has 2 aromatic carbocycles. The van der Waals surface area contributed by atoms with Gasteiger partial charge in [-0.05, 0) is 18.1 Å². The second-order valence-corrected chi connectivity index (χ2v) is 6.24. The van der Waals surface area contributed by atoms with Crippen molar-refractivity contribution in [1.82, 2.24) is 9.80 Å². The van der Waals surface area contributed by atoms with Gasteiger partial charge in [-0.3, -0.25) is 9.80 Å². The molecule has 2 nitrogen and oxygen atoms in total. The van der Waals surface area contributed by atoms with Crippen molar-refractivity contribution in [2.24, 2.45) is 0 Å². The Bertz CT molecular complexity index is 598. The van der Waals surface area contributed by atoms with Gasteiger partial charge in [-0.1, -0.05) is 72.8 Å². The highest BCUT2D eigenvalue weighted by Crippen LogP contribution is 2.21. The van der Waals surface area contributed by atoms with Crippen molar-refractivity contribution >= 4 is 6.08 Å². The second kappa shape index (κ2) is 8.09. The van der Waals surface area contributed by atoms with Crippen molar-refractivity contribution in [3.63, 3.8) is 0 Å². The van der Waals surface area contributed by atoms with Gasteiger partial charge in [0, 0.05) is 38.8 Å². The third kappa shape index (κ3) is 4.54. The standard InChI is InChI=1S/C21H26N2/c1-19(21-12-6-3-7-13-21)23-17-15-22(16-18-23)14-8-11-20-9-4-2-5-10-20/h2-13,19H,14-18H2,1H3/b11-8+. The first-order valence-electron chi connectivity index (χ1n) is 8.56. The van der Waals surface area contributed by atoms with E-state index < -0.39 is 0 Å². The van der Waals surface area contributed by atoms with E-state index in [2.05, 4.69) is 89.5 Å². The van der Waals surface area contributed by atoms with Gasteiger partial charge in [0.15, 0.2) is 0 Å². The number of hydrogen-bond acceptors (Lipinski definition) is 2. The number of benzene rings is 2. The monoisotopic (exact) mass is 306 g/mol. The molecule has 1 unspecified atom stereocenters. The van der Waals surface area contributed by atoms with Gasteiger partial charge < -0.3 is 0 Å². The Kier molecular flexibility index (Phi) is 5.62. The zero-order valence-electron chi connectivity index (χ0n) is 13.9. The van der Waals surface area contributed by atoms with Crippen LogP contribution in [-0.4, -0.2) is 42.5 Å². The van der Waals surface area contributed by atoms with E-state index in [0.29, 0.717) is 6.04 Å². The van der Waals surface area contributed by atoms with Crippen molar-refractivity contribution in [3.8, 4) is 0 Å². The van der Waals surface area contributed by atoms with Crippen LogP contribution < -0.4 is 0 Å². The fourth-order valence-corrected chi connectivity index (χ4v) is 3.18. The van der Waals surface area contributed by atoms with E-state index in [1.807, 2.05) is 0 Å². The summed E-state index contributed by atoms with van der Waals surface area (Å²) in [5.41, 5.74) is 2.70. The molecule has 1 atom stereocenters. The Morgan fingerprint density at radius 1 is 0.870 bits per heavy atom. The molecule has 2 heteroatoms. The minimum atomic E-state index is 0.512. The molecular formula is C21H26N2. The molecule has 0 spiro atoms. The van der Waals surface area contributed by atoms with Gasteiger partial charge >= 0.3 is 0 Å². The van der Waals surface area contributed by atoms with Crippen LogP contribution in [0.4, 0.5) is 0 Å². The topological polar surface area (TPSA) is 6.48 Å². The number of nitrogens with zero attached hydrogens (tertiary/aromatic N) is 2. The fraction of sp³-hybridized carbons (Fsp3) is 0.333. The lowest BCUT2D eigenvalue weighted by molar-refractivity contribution is 0.110. The lowest BCUT2D eigenvalue weighted by Crippen LogP contribution is -2.47. The van der Waals surface area contributed by atoms with E-state index in [0.717, 1.165) is 32.7 Å². The predicted molar refractivity (Wildman–Crippen MR) is 98.3 cm³/mol. The minimum absolute atomic E-state index is 0.512. The maximum Gasteiger partial charge on any atom is 0.0320 e. The molecule has 1 aliphatic heterocycles. The summed E-state index contributed by atoms with van der Waals surface area (Å²) in [5.74, 6) is 0. The molecule has 1 fully saturated rings. The van der Waals surface area contributed by atoms with Crippen LogP contribution in [0, 0.1) is 0 Å². The molecule has 1 aliphatic rings. The van der Waals surface area contributed by atoms with Crippen molar-refractivity contribution in [3.05, 3.63) is 77.9 Å². The summed E-state index contributed by atoms with van der Waals surface area (Å²) in [7, 11) is 0. The fourth-order valence-electron chi connectivity index (χ4n) is 3.18. The molecule has 2 aromatic rings. The van der Waals surface area contributed by atoms with E-state index in [1.165, 1.54) is 11.1 Å². The Labute approximate surface area is 140 Å². The molecule has 0 aromatic heterocycles. The number of hydrogen-bond donors (Lipinski definition) is 0. The lowest BCUT2D eigenvalue weighted by Gasteiger charge is -2.37. The summed E-state index contributed by atoms with van der Waals surface area (Å²) in [6.45, 7) is 7.96. The van der Waals surface area contributed by atoms with Crippen LogP contribution in [0.1, 0.15) is 24.1 Å². The minimum Gasteiger partial charge on any atom is -0.297 e. The summed E-state index contributed by atoms with van der Waals surface area (Å²) >= 11 is 0. The smallest absolute Gasteiger partial charge is 0.0320 e. The zero-order valence-corrected chi connectivity index (χ0v) is 13.9. The van der Waals surface area contributed by atoms with Crippen molar-refractivity contribution in [2.75, 3.05) is 32.7 Å². The lowest BCUT2D eigenvalue weighted by atomic mass is 10.1. The molecule has 3 rings (SSSR count). The molecule has 23 heavy (non-hydrogen) atoms. The molecule has 1 heterocycles. The zero-order chi connectivity index (χ0) is 15.9. The summed E-state index contributed by atoms with van der Waals surface area (Å²) < 4.78 is 0. The summed E-state index contributed by atoms with van der Waals surface area (Å²) in [6.07, 6.45) is 4.50. The average molecular weight is 306 g/mol. The third-order valence-electron chi connectivity index (χ3n) is 4.71. The van der Waals surface area contributed by atoms with Crippen LogP contribution >= 0.6 is 0 Å². The van der Waals surface area contributed by atoms with E-state index in [-0.39, 0.29) is 0 Å². The number of rotatable bonds is 5. The normalized spacial score (nSPS) is 18.3. The Balaban J connectivity index is 1.46. The van der Waals surface area contributed by atoms with E-state index in [9.17, 15) is 0 Å². The molecule has 1 saturated heterocycles. The number of piperazine rings is 1. The predicted octanol–water partition coefficient (Wildman–Crippen LogP) is 4.08. The van der Waals surface area contributed by atoms with Gasteiger partial charge in [0.05, 0.1) is 0 Å². The van der Waals surface area contributed by atoms with Crippen LogP contribution in [0.5, 0.6) is 0 Å². The van der Waals surface area contributed by atoms with E-state index in [4.69, 9.17) is 0 Å². The maximum atomic E-state index is 2.59. The first-order chi connectivity index (χ1) is 11.3. The Morgan fingerprint density at radius 3 is 2.13 bits per heavy atom.